The summed E-state index contributed by atoms with van der Waals surface area (Å²) in [5, 5.41) is 12.1. The fourth-order valence-electron chi connectivity index (χ4n) is 2.98. The van der Waals surface area contributed by atoms with E-state index in [2.05, 4.69) is 5.32 Å². The van der Waals surface area contributed by atoms with Crippen molar-refractivity contribution in [2.24, 2.45) is 0 Å². The number of methoxy groups -OCH3 is 1. The van der Waals surface area contributed by atoms with E-state index in [1.165, 1.54) is 11.6 Å². The lowest BCUT2D eigenvalue weighted by atomic mass is 10.2. The zero-order valence-corrected chi connectivity index (χ0v) is 18.2. The van der Waals surface area contributed by atoms with Gasteiger partial charge in [0, 0.05) is 7.05 Å². The van der Waals surface area contributed by atoms with E-state index in [-0.39, 0.29) is 15.8 Å². The van der Waals surface area contributed by atoms with Crippen molar-refractivity contribution in [1.82, 2.24) is 9.88 Å². The standard InChI is InChI=1S/C23H21N3O4S/c1-4-30-18-11-10-15(12-19(18)29-3)13-20-22(28)26(16-8-6-5-7-9-16)23(31-20)17(14-24)21(27)25-2/h5-13H,4H2,1-3H3,(H,25,27)/b20-13+,23-17+. The number of hydrogen-bond donors (Lipinski definition) is 1. The Morgan fingerprint density at radius 3 is 2.58 bits per heavy atom. The number of para-hydroxylation sites is 1. The van der Waals surface area contributed by atoms with Crippen molar-refractivity contribution >= 4 is 28.9 Å². The second-order valence-corrected chi connectivity index (χ2v) is 7.33. The van der Waals surface area contributed by atoms with E-state index in [0.717, 1.165) is 16.9 Å². The predicted molar refractivity (Wildman–Crippen MR) is 120 cm³/mol. The Hall–Kier alpha value is -3.83. The first kappa shape index (κ1) is 21.9. The highest BCUT2D eigenvalue weighted by Crippen LogP contribution is 2.28. The normalized spacial score (nSPS) is 12.1. The number of aromatic nitrogens is 1. The number of ether oxygens (including phenoxy) is 2. The van der Waals surface area contributed by atoms with Crippen molar-refractivity contribution in [2.75, 3.05) is 20.8 Å². The minimum atomic E-state index is -0.553. The molecule has 0 bridgehead atoms. The molecule has 1 N–H and O–H groups in total. The predicted octanol–water partition coefficient (Wildman–Crippen LogP) is 1.56. The largest absolute Gasteiger partial charge is 0.493 e. The van der Waals surface area contributed by atoms with Crippen LogP contribution in [0, 0.1) is 11.3 Å². The molecular formula is C23H21N3O4S. The van der Waals surface area contributed by atoms with E-state index >= 15 is 0 Å². The average Bonchev–Trinajstić information content (AvgIpc) is 3.11. The third-order valence-electron chi connectivity index (χ3n) is 4.40. The minimum absolute atomic E-state index is 0.127. The molecule has 0 atom stereocenters. The summed E-state index contributed by atoms with van der Waals surface area (Å²) >= 11 is 1.08. The first-order chi connectivity index (χ1) is 15.0. The Labute approximate surface area is 183 Å². The van der Waals surface area contributed by atoms with Crippen LogP contribution in [0.2, 0.25) is 0 Å². The van der Waals surface area contributed by atoms with E-state index in [1.807, 2.05) is 25.1 Å². The number of thiazole rings is 1. The van der Waals surface area contributed by atoms with Crippen LogP contribution >= 0.6 is 11.3 Å². The summed E-state index contributed by atoms with van der Waals surface area (Å²) in [4.78, 5) is 25.5. The Bertz CT molecular complexity index is 1320. The Balaban J connectivity index is 2.32. The summed E-state index contributed by atoms with van der Waals surface area (Å²) in [6.07, 6.45) is 1.70. The molecule has 3 rings (SSSR count). The highest BCUT2D eigenvalue weighted by atomic mass is 32.1. The molecule has 2 aromatic carbocycles. The Morgan fingerprint density at radius 1 is 1.23 bits per heavy atom. The van der Waals surface area contributed by atoms with Gasteiger partial charge in [-0.05, 0) is 42.8 Å². The van der Waals surface area contributed by atoms with Gasteiger partial charge in [0.05, 0.1) is 23.9 Å². The van der Waals surface area contributed by atoms with Crippen molar-refractivity contribution in [2.45, 2.75) is 6.92 Å². The molecule has 0 unspecified atom stereocenters. The smallest absolute Gasteiger partial charge is 0.273 e. The van der Waals surface area contributed by atoms with Crippen LogP contribution in [0.1, 0.15) is 12.5 Å². The fraction of sp³-hybridized carbons (Fsp3) is 0.174. The van der Waals surface area contributed by atoms with E-state index in [0.29, 0.717) is 28.3 Å². The summed E-state index contributed by atoms with van der Waals surface area (Å²) in [6, 6.07) is 16.2. The summed E-state index contributed by atoms with van der Waals surface area (Å²) in [5.41, 5.74) is 0.844. The molecule has 8 heteroatoms. The van der Waals surface area contributed by atoms with Crippen LogP contribution in [0.4, 0.5) is 0 Å². The Kier molecular flexibility index (Phi) is 6.90. The summed E-state index contributed by atoms with van der Waals surface area (Å²) < 4.78 is 12.9. The molecule has 1 aromatic heterocycles. The van der Waals surface area contributed by atoms with E-state index < -0.39 is 5.91 Å². The maximum Gasteiger partial charge on any atom is 0.273 e. The van der Waals surface area contributed by atoms with Gasteiger partial charge in [-0.3, -0.25) is 14.2 Å². The van der Waals surface area contributed by atoms with Crippen LogP contribution < -0.4 is 29.5 Å². The number of nitrogens with zero attached hydrogens (tertiary/aromatic N) is 2. The number of carbonyl (C=O) groups is 1. The molecule has 0 radical (unpaired) electrons. The number of hydrogen-bond acceptors (Lipinski definition) is 6. The lowest BCUT2D eigenvalue weighted by molar-refractivity contribution is -0.115. The molecule has 0 fully saturated rings. The fourth-order valence-corrected chi connectivity index (χ4v) is 4.08. The van der Waals surface area contributed by atoms with Crippen LogP contribution in [0.3, 0.4) is 0 Å². The lowest BCUT2D eigenvalue weighted by Gasteiger charge is -2.09. The van der Waals surface area contributed by atoms with Gasteiger partial charge in [-0.15, -0.1) is 11.3 Å². The molecule has 0 saturated carbocycles. The highest BCUT2D eigenvalue weighted by molar-refractivity contribution is 7.07. The molecule has 1 heterocycles. The monoisotopic (exact) mass is 435 g/mol. The van der Waals surface area contributed by atoms with Gasteiger partial charge in [0.15, 0.2) is 17.1 Å². The zero-order chi connectivity index (χ0) is 22.4. The molecule has 0 aliphatic carbocycles. The molecule has 31 heavy (non-hydrogen) atoms. The topological polar surface area (TPSA) is 93.4 Å². The minimum Gasteiger partial charge on any atom is -0.493 e. The molecule has 158 valence electrons. The van der Waals surface area contributed by atoms with Gasteiger partial charge in [-0.25, -0.2) is 0 Å². The maximum absolute atomic E-state index is 13.3. The first-order valence-corrected chi connectivity index (χ1v) is 10.3. The number of nitrogens with one attached hydrogen (secondary N) is 1. The molecular weight excluding hydrogens is 414 g/mol. The van der Waals surface area contributed by atoms with Crippen LogP contribution in [-0.4, -0.2) is 31.2 Å². The molecule has 7 nitrogen and oxygen atoms in total. The molecule has 0 aliphatic heterocycles. The first-order valence-electron chi connectivity index (χ1n) is 9.50. The Morgan fingerprint density at radius 2 is 1.97 bits per heavy atom. The maximum atomic E-state index is 13.3. The lowest BCUT2D eigenvalue weighted by Crippen LogP contribution is -2.33. The number of rotatable bonds is 6. The molecule has 0 spiro atoms. The van der Waals surface area contributed by atoms with Gasteiger partial charge < -0.3 is 14.8 Å². The average molecular weight is 436 g/mol. The van der Waals surface area contributed by atoms with E-state index in [4.69, 9.17) is 9.47 Å². The number of carbonyl (C=O) groups excluding carboxylic acids is 1. The van der Waals surface area contributed by atoms with Crippen LogP contribution in [0.5, 0.6) is 11.5 Å². The van der Waals surface area contributed by atoms with Crippen molar-refractivity contribution < 1.29 is 14.3 Å². The van der Waals surface area contributed by atoms with E-state index in [9.17, 15) is 14.9 Å². The van der Waals surface area contributed by atoms with Gasteiger partial charge in [-0.1, -0.05) is 24.3 Å². The SMILES string of the molecule is CCOc1ccc(/C=c2/s/c(=C(\C#N)C(=O)NC)n(-c3ccccc3)c2=O)cc1OC. The summed E-state index contributed by atoms with van der Waals surface area (Å²) in [5.74, 6) is 0.601. The second-order valence-electron chi connectivity index (χ2n) is 6.30. The van der Waals surface area contributed by atoms with Crippen LogP contribution in [0.15, 0.2) is 53.3 Å². The second kappa shape index (κ2) is 9.78. The zero-order valence-electron chi connectivity index (χ0n) is 17.3. The molecule has 0 saturated heterocycles. The van der Waals surface area contributed by atoms with Gasteiger partial charge in [0.25, 0.3) is 11.5 Å². The van der Waals surface area contributed by atoms with Crippen molar-refractivity contribution in [3.05, 3.63) is 73.6 Å². The number of nitriles is 1. The third kappa shape index (κ3) is 4.52. The van der Waals surface area contributed by atoms with Crippen molar-refractivity contribution in [3.8, 4) is 23.3 Å². The van der Waals surface area contributed by atoms with Crippen LogP contribution in [-0.2, 0) is 4.79 Å². The van der Waals surface area contributed by atoms with Crippen molar-refractivity contribution in [3.63, 3.8) is 0 Å². The van der Waals surface area contributed by atoms with Gasteiger partial charge in [0.1, 0.15) is 10.7 Å². The van der Waals surface area contributed by atoms with Gasteiger partial charge in [0.2, 0.25) is 0 Å². The van der Waals surface area contributed by atoms with Crippen LogP contribution in [0.25, 0.3) is 17.3 Å². The highest BCUT2D eigenvalue weighted by Gasteiger charge is 2.16. The number of benzene rings is 2. The third-order valence-corrected chi connectivity index (χ3v) is 5.50. The molecule has 3 aromatic rings. The molecule has 0 aliphatic rings. The molecule has 1 amide bonds. The van der Waals surface area contributed by atoms with Crippen molar-refractivity contribution in [1.29, 1.82) is 5.26 Å². The van der Waals surface area contributed by atoms with E-state index in [1.54, 1.807) is 49.6 Å². The number of amides is 1. The quantitative estimate of drug-likeness (QED) is 0.634. The summed E-state index contributed by atoms with van der Waals surface area (Å²) in [7, 11) is 2.99. The summed E-state index contributed by atoms with van der Waals surface area (Å²) in [6.45, 7) is 2.39. The van der Waals surface area contributed by atoms with Gasteiger partial charge in [-0.2, -0.15) is 5.26 Å². The van der Waals surface area contributed by atoms with Gasteiger partial charge >= 0.3 is 0 Å².